The van der Waals surface area contributed by atoms with Gasteiger partial charge in [0.15, 0.2) is 0 Å². The summed E-state index contributed by atoms with van der Waals surface area (Å²) in [6.45, 7) is 1.68. The summed E-state index contributed by atoms with van der Waals surface area (Å²) in [5.74, 6) is -0.307. The molecule has 0 aromatic heterocycles. The Balaban J connectivity index is 1.72. The Morgan fingerprint density at radius 3 is 2.67 bits per heavy atom. The lowest BCUT2D eigenvalue weighted by Crippen LogP contribution is -2.40. The number of oxime groups is 1. The zero-order valence-electron chi connectivity index (χ0n) is 12.9. The molecule has 1 amide bonds. The van der Waals surface area contributed by atoms with Crippen LogP contribution in [0.5, 0.6) is 0 Å². The van der Waals surface area contributed by atoms with Gasteiger partial charge in [0.25, 0.3) is 5.91 Å². The second-order valence-electron chi connectivity index (χ2n) is 5.66. The van der Waals surface area contributed by atoms with Gasteiger partial charge < -0.3 is 10.2 Å². The number of nitrogens with zero attached hydrogens (tertiary/aromatic N) is 2. The first-order chi connectivity index (χ1) is 11.5. The highest BCUT2D eigenvalue weighted by Gasteiger charge is 2.42. The molecule has 3 rings (SSSR count). The van der Waals surface area contributed by atoms with Crippen LogP contribution in [0.15, 0.2) is 53.7 Å². The molecule has 0 spiro atoms. The molecule has 120 valence electrons. The van der Waals surface area contributed by atoms with Crippen LogP contribution in [-0.4, -0.2) is 17.2 Å². The van der Waals surface area contributed by atoms with Crippen molar-refractivity contribution in [3.63, 3.8) is 0 Å². The third-order valence-electron chi connectivity index (χ3n) is 3.80. The van der Waals surface area contributed by atoms with E-state index in [1.54, 1.807) is 37.3 Å². The van der Waals surface area contributed by atoms with Crippen LogP contribution in [0.3, 0.4) is 0 Å². The van der Waals surface area contributed by atoms with E-state index in [1.807, 2.05) is 24.3 Å². The van der Waals surface area contributed by atoms with Crippen molar-refractivity contribution < 1.29 is 9.63 Å². The van der Waals surface area contributed by atoms with Crippen molar-refractivity contribution in [2.75, 3.05) is 5.32 Å². The van der Waals surface area contributed by atoms with Gasteiger partial charge in [-0.25, -0.2) is 0 Å². The van der Waals surface area contributed by atoms with Crippen molar-refractivity contribution in [3.05, 3.63) is 64.7 Å². The van der Waals surface area contributed by atoms with Gasteiger partial charge in [-0.05, 0) is 37.3 Å². The van der Waals surface area contributed by atoms with Crippen molar-refractivity contribution >= 4 is 28.9 Å². The molecule has 2 aromatic rings. The van der Waals surface area contributed by atoms with Gasteiger partial charge in [0, 0.05) is 22.7 Å². The Morgan fingerprint density at radius 1 is 1.29 bits per heavy atom. The van der Waals surface area contributed by atoms with Crippen LogP contribution in [0.1, 0.15) is 24.5 Å². The number of rotatable bonds is 3. The summed E-state index contributed by atoms with van der Waals surface area (Å²) in [6.07, 6.45) is 0.318. The van der Waals surface area contributed by atoms with Crippen LogP contribution in [0.2, 0.25) is 5.02 Å². The Labute approximate surface area is 144 Å². The summed E-state index contributed by atoms with van der Waals surface area (Å²) < 4.78 is 0. The zero-order chi connectivity index (χ0) is 17.2. The number of hydrogen-bond acceptors (Lipinski definition) is 4. The molecule has 24 heavy (non-hydrogen) atoms. The molecule has 2 aromatic carbocycles. The van der Waals surface area contributed by atoms with E-state index in [4.69, 9.17) is 21.7 Å². The molecule has 0 saturated carbocycles. The number of carbonyl (C=O) groups excluding carboxylic acids is 1. The fourth-order valence-corrected chi connectivity index (χ4v) is 2.64. The van der Waals surface area contributed by atoms with Gasteiger partial charge in [0.05, 0.1) is 17.3 Å². The number of hydrogen-bond donors (Lipinski definition) is 1. The van der Waals surface area contributed by atoms with Crippen LogP contribution in [0.25, 0.3) is 0 Å². The van der Waals surface area contributed by atoms with Crippen LogP contribution in [0.4, 0.5) is 5.69 Å². The highest BCUT2D eigenvalue weighted by Crippen LogP contribution is 2.30. The number of carbonyl (C=O) groups is 1. The fraction of sp³-hybridized carbons (Fsp3) is 0.167. The molecule has 1 N–H and O–H groups in total. The van der Waals surface area contributed by atoms with E-state index in [0.717, 1.165) is 5.56 Å². The minimum atomic E-state index is -1.11. The molecule has 0 saturated heterocycles. The van der Waals surface area contributed by atoms with Gasteiger partial charge in [-0.3, -0.25) is 4.79 Å². The van der Waals surface area contributed by atoms with Crippen molar-refractivity contribution in [3.8, 4) is 6.07 Å². The Kier molecular flexibility index (Phi) is 4.24. The third kappa shape index (κ3) is 3.10. The van der Waals surface area contributed by atoms with Crippen LogP contribution >= 0.6 is 11.6 Å². The molecule has 0 bridgehead atoms. The van der Waals surface area contributed by atoms with Crippen molar-refractivity contribution in [1.82, 2.24) is 0 Å². The number of benzene rings is 2. The molecule has 0 radical (unpaired) electrons. The topological polar surface area (TPSA) is 74.5 Å². The molecular formula is C18H14ClN3O2. The first kappa shape index (κ1) is 16.0. The lowest BCUT2D eigenvalue weighted by Gasteiger charge is -2.20. The largest absolute Gasteiger partial charge is 0.379 e. The monoisotopic (exact) mass is 339 g/mol. The van der Waals surface area contributed by atoms with Crippen LogP contribution < -0.4 is 5.32 Å². The average molecular weight is 340 g/mol. The number of nitriles is 1. The summed E-state index contributed by atoms with van der Waals surface area (Å²) in [7, 11) is 0. The summed E-state index contributed by atoms with van der Waals surface area (Å²) in [5.41, 5.74) is 1.41. The molecule has 1 aliphatic heterocycles. The molecule has 1 aliphatic rings. The zero-order valence-corrected chi connectivity index (χ0v) is 13.7. The minimum Gasteiger partial charge on any atom is -0.379 e. The lowest BCUT2D eigenvalue weighted by atomic mass is 9.95. The Hall–Kier alpha value is -2.84. The highest BCUT2D eigenvalue weighted by atomic mass is 35.5. The highest BCUT2D eigenvalue weighted by molar-refractivity contribution is 6.34. The Morgan fingerprint density at radius 2 is 2.00 bits per heavy atom. The van der Waals surface area contributed by atoms with E-state index in [1.165, 1.54) is 0 Å². The summed E-state index contributed by atoms with van der Waals surface area (Å²) in [5, 5.41) is 16.2. The van der Waals surface area contributed by atoms with E-state index < -0.39 is 5.60 Å². The Bertz CT molecular complexity index is 855. The van der Waals surface area contributed by atoms with Crippen LogP contribution in [-0.2, 0) is 9.63 Å². The van der Waals surface area contributed by atoms with Crippen molar-refractivity contribution in [1.29, 1.82) is 5.26 Å². The van der Waals surface area contributed by atoms with Gasteiger partial charge in [-0.1, -0.05) is 35.0 Å². The lowest BCUT2D eigenvalue weighted by molar-refractivity contribution is -0.135. The maximum absolute atomic E-state index is 12.5. The predicted molar refractivity (Wildman–Crippen MR) is 91.9 cm³/mol. The number of halogens is 1. The van der Waals surface area contributed by atoms with Gasteiger partial charge in [0.2, 0.25) is 5.60 Å². The van der Waals surface area contributed by atoms with E-state index in [0.29, 0.717) is 28.4 Å². The molecule has 0 aliphatic carbocycles. The second-order valence-corrected chi connectivity index (χ2v) is 6.07. The second kappa shape index (κ2) is 6.34. The van der Waals surface area contributed by atoms with E-state index in [-0.39, 0.29) is 5.91 Å². The SMILES string of the molecule is CC1(C(=O)Nc2ccc(C#N)cc2)CC(c2ccccc2Cl)=NO1. The fourth-order valence-electron chi connectivity index (χ4n) is 2.39. The normalized spacial score (nSPS) is 19.1. The smallest absolute Gasteiger partial charge is 0.271 e. The molecule has 6 heteroatoms. The third-order valence-corrected chi connectivity index (χ3v) is 4.13. The predicted octanol–water partition coefficient (Wildman–Crippen LogP) is 3.73. The standard InChI is InChI=1S/C18H14ClN3O2/c1-18(17(23)21-13-8-6-12(11-20)7-9-13)10-16(22-24-18)14-4-2-3-5-15(14)19/h2-9H,10H2,1H3,(H,21,23). The summed E-state index contributed by atoms with van der Waals surface area (Å²) >= 11 is 6.17. The molecule has 5 nitrogen and oxygen atoms in total. The summed E-state index contributed by atoms with van der Waals surface area (Å²) in [6, 6.07) is 16.0. The first-order valence-corrected chi connectivity index (χ1v) is 7.71. The van der Waals surface area contributed by atoms with Gasteiger partial charge in [-0.15, -0.1) is 0 Å². The van der Waals surface area contributed by atoms with Crippen LogP contribution in [0, 0.1) is 11.3 Å². The van der Waals surface area contributed by atoms with E-state index in [2.05, 4.69) is 10.5 Å². The molecule has 0 fully saturated rings. The van der Waals surface area contributed by atoms with Gasteiger partial charge >= 0.3 is 0 Å². The quantitative estimate of drug-likeness (QED) is 0.925. The summed E-state index contributed by atoms with van der Waals surface area (Å²) in [4.78, 5) is 18.0. The molecule has 1 atom stereocenters. The number of anilines is 1. The van der Waals surface area contributed by atoms with Crippen molar-refractivity contribution in [2.24, 2.45) is 5.16 Å². The molecule has 1 heterocycles. The van der Waals surface area contributed by atoms with Gasteiger partial charge in [-0.2, -0.15) is 5.26 Å². The van der Waals surface area contributed by atoms with Gasteiger partial charge in [0.1, 0.15) is 0 Å². The molecule has 1 unspecified atom stereocenters. The average Bonchev–Trinajstić information content (AvgIpc) is 2.99. The number of amides is 1. The van der Waals surface area contributed by atoms with E-state index >= 15 is 0 Å². The van der Waals surface area contributed by atoms with E-state index in [9.17, 15) is 4.79 Å². The molecular weight excluding hydrogens is 326 g/mol. The first-order valence-electron chi connectivity index (χ1n) is 7.33. The maximum atomic E-state index is 12.5. The van der Waals surface area contributed by atoms with Crippen molar-refractivity contribution in [2.45, 2.75) is 18.9 Å². The maximum Gasteiger partial charge on any atom is 0.271 e. The number of nitrogens with one attached hydrogen (secondary N) is 1. The minimum absolute atomic E-state index is 0.307.